The maximum Gasteiger partial charge on any atom is 0.0954 e. The van der Waals surface area contributed by atoms with E-state index in [1.165, 1.54) is 63.8 Å². The van der Waals surface area contributed by atoms with E-state index in [0.717, 1.165) is 18.4 Å². The van der Waals surface area contributed by atoms with Gasteiger partial charge in [-0.25, -0.2) is 0 Å². The first-order valence-electron chi connectivity index (χ1n) is 9.21. The standard InChI is InChI=1S/C19H35NO/c1-5-20(15(3)4)14-17-9-7-16(8-10-17)13-19(21-6-2)18-11-12-18/h15-17H,5-14H2,1-4H3. The number of hydrogen-bond donors (Lipinski definition) is 0. The van der Waals surface area contributed by atoms with Gasteiger partial charge < -0.3 is 9.64 Å². The van der Waals surface area contributed by atoms with Crippen molar-refractivity contribution in [3.05, 3.63) is 11.3 Å². The van der Waals surface area contributed by atoms with Crippen LogP contribution in [0.15, 0.2) is 11.3 Å². The van der Waals surface area contributed by atoms with E-state index in [1.807, 2.05) is 0 Å². The summed E-state index contributed by atoms with van der Waals surface area (Å²) in [6, 6.07) is 0.692. The molecule has 2 aliphatic rings. The highest BCUT2D eigenvalue weighted by molar-refractivity contribution is 5.21. The second-order valence-corrected chi connectivity index (χ2v) is 7.23. The molecule has 0 aromatic carbocycles. The average Bonchev–Trinajstić information content (AvgIpc) is 3.30. The molecule has 0 saturated heterocycles. The van der Waals surface area contributed by atoms with Gasteiger partial charge in [-0.3, -0.25) is 0 Å². The van der Waals surface area contributed by atoms with Crippen LogP contribution in [0.4, 0.5) is 0 Å². The molecule has 2 heteroatoms. The minimum absolute atomic E-state index is 0.692. The van der Waals surface area contributed by atoms with Gasteiger partial charge in [0, 0.05) is 19.0 Å². The van der Waals surface area contributed by atoms with Crippen molar-refractivity contribution in [1.82, 2.24) is 4.90 Å². The van der Waals surface area contributed by atoms with Gasteiger partial charge in [-0.2, -0.15) is 0 Å². The highest BCUT2D eigenvalue weighted by Crippen LogP contribution is 2.39. The molecule has 0 aromatic rings. The van der Waals surface area contributed by atoms with E-state index in [1.54, 1.807) is 5.57 Å². The Bertz CT molecular complexity index is 333. The van der Waals surface area contributed by atoms with Gasteiger partial charge in [0.1, 0.15) is 0 Å². The van der Waals surface area contributed by atoms with Gasteiger partial charge in [-0.1, -0.05) is 6.92 Å². The lowest BCUT2D eigenvalue weighted by atomic mass is 9.80. The summed E-state index contributed by atoms with van der Waals surface area (Å²) in [7, 11) is 0. The summed E-state index contributed by atoms with van der Waals surface area (Å²) in [5, 5.41) is 0. The molecular formula is C19H35NO. The summed E-state index contributed by atoms with van der Waals surface area (Å²) in [6.45, 7) is 12.4. The van der Waals surface area contributed by atoms with Crippen molar-refractivity contribution >= 4 is 0 Å². The van der Waals surface area contributed by atoms with Crippen molar-refractivity contribution in [2.24, 2.45) is 11.8 Å². The average molecular weight is 293 g/mol. The van der Waals surface area contributed by atoms with E-state index in [2.05, 4.69) is 32.6 Å². The van der Waals surface area contributed by atoms with Crippen molar-refractivity contribution in [3.8, 4) is 0 Å². The van der Waals surface area contributed by atoms with E-state index >= 15 is 0 Å². The molecule has 0 atom stereocenters. The summed E-state index contributed by atoms with van der Waals surface area (Å²) >= 11 is 0. The quantitative estimate of drug-likeness (QED) is 0.584. The highest BCUT2D eigenvalue weighted by Gasteiger charge is 2.27. The molecule has 0 aromatic heterocycles. The Hall–Kier alpha value is -0.500. The first-order valence-corrected chi connectivity index (χ1v) is 9.21. The predicted molar refractivity (Wildman–Crippen MR) is 90.3 cm³/mol. The van der Waals surface area contributed by atoms with Gasteiger partial charge in [0.15, 0.2) is 0 Å². The van der Waals surface area contributed by atoms with Crippen molar-refractivity contribution in [3.63, 3.8) is 0 Å². The maximum absolute atomic E-state index is 5.88. The fourth-order valence-corrected chi connectivity index (χ4v) is 3.74. The molecule has 21 heavy (non-hydrogen) atoms. The van der Waals surface area contributed by atoms with Crippen LogP contribution in [0.5, 0.6) is 0 Å². The molecule has 0 amide bonds. The molecule has 0 aliphatic heterocycles. The fourth-order valence-electron chi connectivity index (χ4n) is 3.74. The minimum atomic E-state index is 0.692. The third kappa shape index (κ3) is 5.32. The third-order valence-corrected chi connectivity index (χ3v) is 5.28. The molecular weight excluding hydrogens is 258 g/mol. The zero-order valence-electron chi connectivity index (χ0n) is 14.7. The van der Waals surface area contributed by atoms with Crippen LogP contribution in [-0.2, 0) is 4.74 Å². The largest absolute Gasteiger partial charge is 0.498 e. The molecule has 0 bridgehead atoms. The van der Waals surface area contributed by atoms with Crippen molar-refractivity contribution in [2.75, 3.05) is 19.7 Å². The summed E-state index contributed by atoms with van der Waals surface area (Å²) in [5.41, 5.74) is 1.61. The summed E-state index contributed by atoms with van der Waals surface area (Å²) in [5.74, 6) is 3.16. The van der Waals surface area contributed by atoms with Crippen LogP contribution in [0.1, 0.15) is 72.6 Å². The predicted octanol–water partition coefficient (Wildman–Crippen LogP) is 5.00. The monoisotopic (exact) mass is 293 g/mol. The Labute approximate surface area is 131 Å². The maximum atomic E-state index is 5.88. The number of hydrogen-bond acceptors (Lipinski definition) is 2. The molecule has 122 valence electrons. The summed E-state index contributed by atoms with van der Waals surface area (Å²) in [4.78, 5) is 2.63. The van der Waals surface area contributed by atoms with Gasteiger partial charge in [0.2, 0.25) is 0 Å². The molecule has 2 rings (SSSR count). The second kappa shape index (κ2) is 8.22. The number of allylic oxidation sites excluding steroid dienone is 2. The first kappa shape index (κ1) is 16.9. The Morgan fingerprint density at radius 2 is 1.71 bits per heavy atom. The molecule has 2 fully saturated rings. The topological polar surface area (TPSA) is 12.5 Å². The van der Waals surface area contributed by atoms with Crippen LogP contribution in [0.2, 0.25) is 0 Å². The molecule has 0 radical (unpaired) electrons. The molecule has 2 saturated carbocycles. The zero-order chi connectivity index (χ0) is 15.2. The van der Waals surface area contributed by atoms with Crippen molar-refractivity contribution in [1.29, 1.82) is 0 Å². The van der Waals surface area contributed by atoms with Crippen molar-refractivity contribution < 1.29 is 4.74 Å². The molecule has 0 unspecified atom stereocenters. The smallest absolute Gasteiger partial charge is 0.0954 e. The van der Waals surface area contributed by atoms with Crippen LogP contribution in [0, 0.1) is 11.8 Å². The highest BCUT2D eigenvalue weighted by atomic mass is 16.5. The number of ether oxygens (including phenoxy) is 1. The normalized spacial score (nSPS) is 25.5. The summed E-state index contributed by atoms with van der Waals surface area (Å²) in [6.07, 6.45) is 9.46. The van der Waals surface area contributed by atoms with Gasteiger partial charge in [0.05, 0.1) is 12.4 Å². The Morgan fingerprint density at radius 1 is 1.10 bits per heavy atom. The lowest BCUT2D eigenvalue weighted by molar-refractivity contribution is 0.146. The lowest BCUT2D eigenvalue weighted by Gasteiger charge is -2.34. The molecule has 2 aliphatic carbocycles. The van der Waals surface area contributed by atoms with Crippen LogP contribution < -0.4 is 0 Å². The van der Waals surface area contributed by atoms with E-state index in [9.17, 15) is 0 Å². The minimum Gasteiger partial charge on any atom is -0.498 e. The van der Waals surface area contributed by atoms with Gasteiger partial charge in [-0.05, 0) is 83.2 Å². The number of nitrogens with zero attached hydrogens (tertiary/aromatic N) is 1. The number of rotatable bonds is 8. The van der Waals surface area contributed by atoms with Gasteiger partial charge >= 0.3 is 0 Å². The van der Waals surface area contributed by atoms with E-state index in [4.69, 9.17) is 4.74 Å². The van der Waals surface area contributed by atoms with Gasteiger partial charge in [-0.15, -0.1) is 0 Å². The first-order chi connectivity index (χ1) is 10.1. The van der Waals surface area contributed by atoms with E-state index in [0.29, 0.717) is 6.04 Å². The van der Waals surface area contributed by atoms with Crippen LogP contribution in [-0.4, -0.2) is 30.6 Å². The summed E-state index contributed by atoms with van der Waals surface area (Å²) < 4.78 is 5.88. The van der Waals surface area contributed by atoms with Crippen molar-refractivity contribution in [2.45, 2.75) is 78.7 Å². The zero-order valence-corrected chi connectivity index (χ0v) is 14.7. The Kier molecular flexibility index (Phi) is 6.60. The van der Waals surface area contributed by atoms with Crippen LogP contribution in [0.25, 0.3) is 0 Å². The Balaban J connectivity index is 1.74. The SMILES string of the molecule is CCOC(CC1CCC(CN(CC)C(C)C)CC1)=C1CC1. The van der Waals surface area contributed by atoms with Gasteiger partial charge in [0.25, 0.3) is 0 Å². The van der Waals surface area contributed by atoms with Crippen LogP contribution in [0.3, 0.4) is 0 Å². The second-order valence-electron chi connectivity index (χ2n) is 7.23. The van der Waals surface area contributed by atoms with E-state index < -0.39 is 0 Å². The van der Waals surface area contributed by atoms with Crippen LogP contribution >= 0.6 is 0 Å². The molecule has 2 nitrogen and oxygen atoms in total. The molecule has 0 N–H and O–H groups in total. The third-order valence-electron chi connectivity index (χ3n) is 5.28. The fraction of sp³-hybridized carbons (Fsp3) is 0.895. The van der Waals surface area contributed by atoms with E-state index in [-0.39, 0.29) is 0 Å². The molecule has 0 heterocycles. The Morgan fingerprint density at radius 3 is 2.19 bits per heavy atom. The molecule has 0 spiro atoms. The lowest BCUT2D eigenvalue weighted by Crippen LogP contribution is -2.36.